The van der Waals surface area contributed by atoms with Gasteiger partial charge >= 0.3 is 11.9 Å². The van der Waals surface area contributed by atoms with Gasteiger partial charge in [0.2, 0.25) is 0 Å². The normalized spacial score (nSPS) is 16.1. The Labute approximate surface area is 230 Å². The monoisotopic (exact) mass is 578 g/mol. The number of hydrogen-bond donors (Lipinski definition) is 1. The number of aryl methyl sites for hydroxylation is 2. The highest BCUT2D eigenvalue weighted by Gasteiger charge is 2.29. The lowest BCUT2D eigenvalue weighted by Gasteiger charge is -2.26. The Balaban J connectivity index is 1.57. The molecule has 0 unspecified atom stereocenters. The fraction of sp³-hybridized carbons (Fsp3) is 0.370. The molecule has 4 heterocycles. The molecule has 1 N–H and O–H groups in total. The molecule has 4 aromatic rings. The Morgan fingerprint density at radius 2 is 1.97 bits per heavy atom. The summed E-state index contributed by atoms with van der Waals surface area (Å²) in [6.07, 6.45) is -0.0301. The van der Waals surface area contributed by atoms with Crippen molar-refractivity contribution in [3.05, 3.63) is 78.5 Å². The fourth-order valence-corrected chi connectivity index (χ4v) is 6.26. The number of benzene rings is 1. The molecule has 0 amide bonds. The first-order valence-corrected chi connectivity index (χ1v) is 13.6. The van der Waals surface area contributed by atoms with Gasteiger partial charge in [-0.25, -0.2) is 4.79 Å². The molecule has 206 valence electrons. The lowest BCUT2D eigenvalue weighted by atomic mass is 10.0. The summed E-state index contributed by atoms with van der Waals surface area (Å²) < 4.78 is 47.7. The van der Waals surface area contributed by atoms with Gasteiger partial charge in [0.15, 0.2) is 0 Å². The SMILES string of the molecule is Cc1cc(Cl)cc(-c2ccnc3cc(Cn4c(=O)c(C)cn(CC(F)(F)F)c4=O)sc23)c1O[C@H]1CCCNC1. The Bertz CT molecular complexity index is 1660. The van der Waals surface area contributed by atoms with Crippen LogP contribution in [0.2, 0.25) is 5.02 Å². The summed E-state index contributed by atoms with van der Waals surface area (Å²) in [4.78, 5) is 30.6. The number of fused-ring (bicyclic) bond motifs is 1. The van der Waals surface area contributed by atoms with Crippen molar-refractivity contribution in [1.29, 1.82) is 0 Å². The van der Waals surface area contributed by atoms with Crippen LogP contribution in [0.3, 0.4) is 0 Å². The molecular weight excluding hydrogens is 553 g/mol. The van der Waals surface area contributed by atoms with E-state index >= 15 is 0 Å². The maximum atomic E-state index is 13.0. The average Bonchev–Trinajstić information content (AvgIpc) is 3.29. The number of alkyl halides is 3. The van der Waals surface area contributed by atoms with Crippen molar-refractivity contribution in [3.8, 4) is 16.9 Å². The number of aromatic nitrogens is 3. The minimum Gasteiger partial charge on any atom is -0.488 e. The highest BCUT2D eigenvalue weighted by Crippen LogP contribution is 2.42. The van der Waals surface area contributed by atoms with Gasteiger partial charge in [-0.15, -0.1) is 11.3 Å². The molecule has 1 aliphatic heterocycles. The van der Waals surface area contributed by atoms with Crippen LogP contribution in [0, 0.1) is 13.8 Å². The van der Waals surface area contributed by atoms with E-state index < -0.39 is 24.0 Å². The number of hydrogen-bond acceptors (Lipinski definition) is 6. The first kappa shape index (κ1) is 27.4. The highest BCUT2D eigenvalue weighted by molar-refractivity contribution is 7.19. The molecule has 1 atom stereocenters. The molecule has 0 bridgehead atoms. The Morgan fingerprint density at radius 1 is 1.18 bits per heavy atom. The lowest BCUT2D eigenvalue weighted by molar-refractivity contribution is -0.141. The molecule has 0 saturated carbocycles. The van der Waals surface area contributed by atoms with Gasteiger partial charge in [-0.05, 0) is 63.1 Å². The third kappa shape index (κ3) is 5.90. The molecule has 5 rings (SSSR count). The lowest BCUT2D eigenvalue weighted by Crippen LogP contribution is -2.42. The van der Waals surface area contributed by atoms with Crippen LogP contribution < -0.4 is 21.3 Å². The number of nitrogens with one attached hydrogen (secondary N) is 1. The van der Waals surface area contributed by atoms with Crippen molar-refractivity contribution in [2.24, 2.45) is 0 Å². The van der Waals surface area contributed by atoms with Crippen molar-refractivity contribution >= 4 is 33.2 Å². The van der Waals surface area contributed by atoms with Gasteiger partial charge in [-0.1, -0.05) is 11.6 Å². The van der Waals surface area contributed by atoms with E-state index in [0.29, 0.717) is 20.0 Å². The molecule has 7 nitrogen and oxygen atoms in total. The van der Waals surface area contributed by atoms with Gasteiger partial charge < -0.3 is 10.1 Å². The summed E-state index contributed by atoms with van der Waals surface area (Å²) in [7, 11) is 0. The summed E-state index contributed by atoms with van der Waals surface area (Å²) in [5.41, 5.74) is 1.54. The van der Waals surface area contributed by atoms with E-state index in [1.807, 2.05) is 25.1 Å². The number of nitrogens with zero attached hydrogens (tertiary/aromatic N) is 3. The second kappa shape index (κ2) is 10.8. The molecule has 0 spiro atoms. The van der Waals surface area contributed by atoms with Gasteiger partial charge in [0, 0.05) is 45.5 Å². The van der Waals surface area contributed by atoms with Gasteiger partial charge in [0.25, 0.3) is 5.56 Å². The van der Waals surface area contributed by atoms with Gasteiger partial charge in [-0.2, -0.15) is 13.2 Å². The maximum absolute atomic E-state index is 13.0. The predicted molar refractivity (Wildman–Crippen MR) is 146 cm³/mol. The standard InChI is InChI=1S/C27H26ClF3N4O3S/c1-15-8-17(28)9-21(23(15)38-18-4-3-6-32-11-18)20-5-7-33-22-10-19(39-24(20)22)13-35-25(36)16(2)12-34(26(35)37)14-27(29,30)31/h5,7-10,12,18,32H,3-4,6,11,13-14H2,1-2H3/t18-/m0/s1. The minimum atomic E-state index is -4.60. The number of piperidine rings is 1. The zero-order chi connectivity index (χ0) is 27.9. The van der Waals surface area contributed by atoms with E-state index in [2.05, 4.69) is 10.3 Å². The zero-order valence-corrected chi connectivity index (χ0v) is 22.8. The van der Waals surface area contributed by atoms with Crippen LogP contribution in [0.4, 0.5) is 13.2 Å². The van der Waals surface area contributed by atoms with Gasteiger partial charge in [0.1, 0.15) is 18.4 Å². The molecule has 1 aromatic carbocycles. The van der Waals surface area contributed by atoms with Crippen molar-refractivity contribution < 1.29 is 17.9 Å². The van der Waals surface area contributed by atoms with Crippen molar-refractivity contribution in [2.75, 3.05) is 13.1 Å². The fourth-order valence-electron chi connectivity index (χ4n) is 4.85. The predicted octanol–water partition coefficient (Wildman–Crippen LogP) is 5.30. The summed E-state index contributed by atoms with van der Waals surface area (Å²) >= 11 is 7.77. The molecule has 1 fully saturated rings. The summed E-state index contributed by atoms with van der Waals surface area (Å²) in [5.74, 6) is 0.723. The Hall–Kier alpha value is -3.15. The number of halogens is 4. The molecule has 1 aliphatic rings. The molecule has 12 heteroatoms. The van der Waals surface area contributed by atoms with E-state index in [0.717, 1.165) is 63.8 Å². The number of thiophene rings is 1. The van der Waals surface area contributed by atoms with Crippen molar-refractivity contribution in [2.45, 2.75) is 52.1 Å². The second-order valence-corrected chi connectivity index (χ2v) is 11.3. The van der Waals surface area contributed by atoms with Crippen molar-refractivity contribution in [3.63, 3.8) is 0 Å². The summed E-state index contributed by atoms with van der Waals surface area (Å²) in [5, 5.41) is 3.90. The van der Waals surface area contributed by atoms with E-state index in [-0.39, 0.29) is 18.2 Å². The Morgan fingerprint density at radius 3 is 2.69 bits per heavy atom. The third-order valence-corrected chi connectivity index (χ3v) is 7.96. The first-order valence-electron chi connectivity index (χ1n) is 12.4. The smallest absolute Gasteiger partial charge is 0.406 e. The highest BCUT2D eigenvalue weighted by atomic mass is 35.5. The van der Waals surface area contributed by atoms with E-state index in [4.69, 9.17) is 16.3 Å². The molecule has 0 radical (unpaired) electrons. The number of pyridine rings is 1. The Kier molecular flexibility index (Phi) is 7.58. The van der Waals surface area contributed by atoms with Crippen molar-refractivity contribution in [1.82, 2.24) is 19.4 Å². The third-order valence-electron chi connectivity index (χ3n) is 6.60. The van der Waals surface area contributed by atoms with E-state index in [1.165, 1.54) is 18.3 Å². The van der Waals surface area contributed by atoms with Crippen LogP contribution >= 0.6 is 22.9 Å². The number of ether oxygens (including phenoxy) is 1. The quantitative estimate of drug-likeness (QED) is 0.336. The summed E-state index contributed by atoms with van der Waals surface area (Å²) in [6, 6.07) is 7.30. The largest absolute Gasteiger partial charge is 0.488 e. The van der Waals surface area contributed by atoms with Crippen LogP contribution in [-0.2, 0) is 13.1 Å². The minimum absolute atomic E-state index is 0.0145. The van der Waals surface area contributed by atoms with Crippen LogP contribution in [0.25, 0.3) is 21.3 Å². The van der Waals surface area contributed by atoms with Crippen LogP contribution in [0.1, 0.15) is 28.8 Å². The van der Waals surface area contributed by atoms with Crippen LogP contribution in [-0.4, -0.2) is 39.5 Å². The molecule has 3 aromatic heterocycles. The van der Waals surface area contributed by atoms with E-state index in [1.54, 1.807) is 12.3 Å². The second-order valence-electron chi connectivity index (χ2n) is 9.70. The molecular formula is C27H26ClF3N4O3S. The average molecular weight is 579 g/mol. The van der Waals surface area contributed by atoms with Gasteiger partial charge in [0.05, 0.1) is 16.8 Å². The first-order chi connectivity index (χ1) is 18.5. The maximum Gasteiger partial charge on any atom is 0.406 e. The number of rotatable bonds is 6. The molecule has 0 aliphatic carbocycles. The van der Waals surface area contributed by atoms with Crippen LogP contribution in [0.15, 0.2) is 46.2 Å². The van der Waals surface area contributed by atoms with E-state index in [9.17, 15) is 22.8 Å². The van der Waals surface area contributed by atoms with Crippen LogP contribution in [0.5, 0.6) is 5.75 Å². The summed E-state index contributed by atoms with van der Waals surface area (Å²) in [6.45, 7) is 3.38. The topological polar surface area (TPSA) is 78.2 Å². The van der Waals surface area contributed by atoms with Gasteiger partial charge in [-0.3, -0.25) is 18.9 Å². The molecule has 39 heavy (non-hydrogen) atoms. The zero-order valence-electron chi connectivity index (χ0n) is 21.3. The molecule has 1 saturated heterocycles.